The summed E-state index contributed by atoms with van der Waals surface area (Å²) in [6, 6.07) is 6.73. The molecule has 176 valence electrons. The Balaban J connectivity index is 1.63. The molecule has 0 bridgehead atoms. The first kappa shape index (κ1) is 24.6. The number of carboxylic acid groups (broad SMARTS) is 1. The molecule has 0 spiro atoms. The molecule has 1 fully saturated rings. The molecule has 6 nitrogen and oxygen atoms in total. The van der Waals surface area contributed by atoms with Crippen LogP contribution in [0.5, 0.6) is 11.6 Å². The molecule has 3 rings (SSSR count). The summed E-state index contributed by atoms with van der Waals surface area (Å²) in [6.45, 7) is 0. The number of aliphatic carboxylic acids is 1. The molecule has 1 aromatic heterocycles. The zero-order valence-corrected chi connectivity index (χ0v) is 18.2. The highest BCUT2D eigenvalue weighted by molar-refractivity contribution is 6.31. The number of hydrogen-bond donors (Lipinski definition) is 2. The van der Waals surface area contributed by atoms with Crippen molar-refractivity contribution < 1.29 is 32.6 Å². The fourth-order valence-electron chi connectivity index (χ4n) is 3.56. The minimum Gasteiger partial charge on any atom is -0.477 e. The van der Waals surface area contributed by atoms with E-state index >= 15 is 0 Å². The van der Waals surface area contributed by atoms with E-state index in [0.29, 0.717) is 17.7 Å². The van der Waals surface area contributed by atoms with Gasteiger partial charge in [-0.1, -0.05) is 49.4 Å². The number of benzene rings is 1. The van der Waals surface area contributed by atoms with Crippen molar-refractivity contribution in [1.29, 1.82) is 0 Å². The summed E-state index contributed by atoms with van der Waals surface area (Å²) in [6.07, 6.45) is 2.93. The topological polar surface area (TPSA) is 88.5 Å². The normalized spacial score (nSPS) is 14.8. The highest BCUT2D eigenvalue weighted by Crippen LogP contribution is 2.34. The van der Waals surface area contributed by atoms with Crippen LogP contribution in [0.25, 0.3) is 6.08 Å². The van der Waals surface area contributed by atoms with Crippen LogP contribution in [0.2, 0.25) is 5.02 Å². The smallest absolute Gasteiger partial charge is 0.417 e. The molecule has 1 aromatic carbocycles. The van der Waals surface area contributed by atoms with E-state index in [1.54, 1.807) is 0 Å². The number of halogens is 4. The van der Waals surface area contributed by atoms with Gasteiger partial charge in [0.15, 0.2) is 0 Å². The van der Waals surface area contributed by atoms with Crippen molar-refractivity contribution in [2.45, 2.75) is 44.7 Å². The number of carbonyl (C=O) groups is 2. The number of nitrogens with one attached hydrogen (secondary N) is 1. The van der Waals surface area contributed by atoms with Gasteiger partial charge in [-0.25, -0.2) is 9.78 Å². The number of carboxylic acids is 1. The summed E-state index contributed by atoms with van der Waals surface area (Å²) < 4.78 is 43.5. The molecule has 1 aliphatic rings. The van der Waals surface area contributed by atoms with Gasteiger partial charge in [0.2, 0.25) is 11.8 Å². The van der Waals surface area contributed by atoms with E-state index in [4.69, 9.17) is 16.3 Å². The maximum Gasteiger partial charge on any atom is 0.417 e. The van der Waals surface area contributed by atoms with Gasteiger partial charge >= 0.3 is 12.1 Å². The first-order valence-electron chi connectivity index (χ1n) is 10.4. The molecule has 1 aliphatic carbocycles. The lowest BCUT2D eigenvalue weighted by Gasteiger charge is -2.11. The van der Waals surface area contributed by atoms with Gasteiger partial charge in [0.25, 0.3) is 0 Å². The Bertz CT molecular complexity index is 1030. The van der Waals surface area contributed by atoms with Gasteiger partial charge in [-0.15, -0.1) is 0 Å². The number of amides is 1. The lowest BCUT2D eigenvalue weighted by molar-refractivity contribution is -0.138. The largest absolute Gasteiger partial charge is 0.477 e. The first-order valence-corrected chi connectivity index (χ1v) is 10.7. The third kappa shape index (κ3) is 7.21. The summed E-state index contributed by atoms with van der Waals surface area (Å²) in [5.74, 6) is -1.07. The summed E-state index contributed by atoms with van der Waals surface area (Å²) in [5, 5.41) is 11.5. The van der Waals surface area contributed by atoms with Crippen molar-refractivity contribution in [2.24, 2.45) is 5.92 Å². The summed E-state index contributed by atoms with van der Waals surface area (Å²) in [5.41, 5.74) is -0.776. The molecule has 33 heavy (non-hydrogen) atoms. The van der Waals surface area contributed by atoms with Crippen molar-refractivity contribution in [1.82, 2.24) is 10.3 Å². The number of nitrogens with zero attached hydrogens (tertiary/aromatic N) is 1. The minimum atomic E-state index is -4.57. The fourth-order valence-corrected chi connectivity index (χ4v) is 3.77. The predicted octanol–water partition coefficient (Wildman–Crippen LogP) is 6.06. The summed E-state index contributed by atoms with van der Waals surface area (Å²) in [7, 11) is 0. The monoisotopic (exact) mass is 482 g/mol. The van der Waals surface area contributed by atoms with E-state index < -0.39 is 17.7 Å². The summed E-state index contributed by atoms with van der Waals surface area (Å²) in [4.78, 5) is 27.3. The molecule has 2 N–H and O–H groups in total. The molecule has 0 aliphatic heterocycles. The second-order valence-electron chi connectivity index (χ2n) is 7.78. The third-order valence-electron chi connectivity index (χ3n) is 5.30. The molecule has 1 amide bonds. The Morgan fingerprint density at radius 3 is 2.45 bits per heavy atom. The van der Waals surface area contributed by atoms with Gasteiger partial charge in [0.1, 0.15) is 16.5 Å². The minimum absolute atomic E-state index is 0.200. The van der Waals surface area contributed by atoms with Crippen molar-refractivity contribution in [3.8, 4) is 11.6 Å². The standard InChI is InChI=1S/C23H22ClF3N2O4/c24-18-12-16(23(25,26)27)13-28-21(18)33-17-8-5-15(6-9-17)11-19(22(31)32)29-20(30)10-7-14-3-1-2-4-14/h5-6,8-9,11-14H,1-4,7,10H2,(H,29,30)(H,31,32)/b19-11+. The van der Waals surface area contributed by atoms with Crippen molar-refractivity contribution in [3.63, 3.8) is 0 Å². The van der Waals surface area contributed by atoms with Gasteiger partial charge in [-0.2, -0.15) is 13.2 Å². The zero-order valence-electron chi connectivity index (χ0n) is 17.5. The molecule has 0 radical (unpaired) electrons. The van der Waals surface area contributed by atoms with Crippen LogP contribution in [0.15, 0.2) is 42.2 Å². The Morgan fingerprint density at radius 1 is 1.21 bits per heavy atom. The maximum absolute atomic E-state index is 12.7. The fraction of sp³-hybridized carbons (Fsp3) is 0.348. The van der Waals surface area contributed by atoms with Crippen LogP contribution in [0.1, 0.15) is 49.7 Å². The van der Waals surface area contributed by atoms with Crippen LogP contribution < -0.4 is 10.1 Å². The van der Waals surface area contributed by atoms with Crippen LogP contribution in [0, 0.1) is 5.92 Å². The Labute approximate surface area is 193 Å². The van der Waals surface area contributed by atoms with Crippen LogP contribution in [0.3, 0.4) is 0 Å². The van der Waals surface area contributed by atoms with Crippen molar-refractivity contribution in [2.75, 3.05) is 0 Å². The van der Waals surface area contributed by atoms with Gasteiger partial charge in [0.05, 0.1) is 5.56 Å². The van der Waals surface area contributed by atoms with Crippen LogP contribution in [0.4, 0.5) is 13.2 Å². The highest BCUT2D eigenvalue weighted by Gasteiger charge is 2.31. The number of aromatic nitrogens is 1. The van der Waals surface area contributed by atoms with E-state index in [0.717, 1.165) is 25.3 Å². The van der Waals surface area contributed by atoms with E-state index in [2.05, 4.69) is 10.3 Å². The van der Waals surface area contributed by atoms with Crippen LogP contribution in [-0.4, -0.2) is 22.0 Å². The van der Waals surface area contributed by atoms with E-state index in [9.17, 15) is 27.9 Å². The van der Waals surface area contributed by atoms with E-state index in [1.165, 1.54) is 43.2 Å². The number of ether oxygens (including phenoxy) is 1. The average molecular weight is 483 g/mol. The lowest BCUT2D eigenvalue weighted by Crippen LogP contribution is -2.27. The number of rotatable bonds is 8. The maximum atomic E-state index is 12.7. The summed E-state index contributed by atoms with van der Waals surface area (Å²) >= 11 is 5.83. The quantitative estimate of drug-likeness (QED) is 0.446. The molecular weight excluding hydrogens is 461 g/mol. The number of hydrogen-bond acceptors (Lipinski definition) is 4. The highest BCUT2D eigenvalue weighted by atomic mass is 35.5. The van der Waals surface area contributed by atoms with Crippen molar-refractivity contribution >= 4 is 29.6 Å². The molecule has 1 saturated carbocycles. The second kappa shape index (κ2) is 10.7. The first-order chi connectivity index (χ1) is 15.6. The molecule has 1 heterocycles. The van der Waals surface area contributed by atoms with E-state index in [1.807, 2.05) is 0 Å². The third-order valence-corrected chi connectivity index (χ3v) is 5.57. The molecule has 2 aromatic rings. The molecule has 0 atom stereocenters. The van der Waals surface area contributed by atoms with Gasteiger partial charge in [0, 0.05) is 12.6 Å². The molecule has 0 unspecified atom stereocenters. The molecule has 10 heteroatoms. The number of alkyl halides is 3. The van der Waals surface area contributed by atoms with Crippen molar-refractivity contribution in [3.05, 3.63) is 58.4 Å². The number of pyridine rings is 1. The molecular formula is C23H22ClF3N2O4. The zero-order chi connectivity index (χ0) is 24.0. The van der Waals surface area contributed by atoms with Gasteiger partial charge < -0.3 is 15.2 Å². The van der Waals surface area contributed by atoms with Crippen LogP contribution >= 0.6 is 11.6 Å². The Hall–Kier alpha value is -3.07. The molecule has 0 saturated heterocycles. The lowest BCUT2D eigenvalue weighted by atomic mass is 10.0. The van der Waals surface area contributed by atoms with E-state index in [-0.39, 0.29) is 34.7 Å². The Kier molecular flexibility index (Phi) is 7.97. The second-order valence-corrected chi connectivity index (χ2v) is 8.19. The average Bonchev–Trinajstić information content (AvgIpc) is 3.27. The van der Waals surface area contributed by atoms with Crippen LogP contribution in [-0.2, 0) is 15.8 Å². The van der Waals surface area contributed by atoms with Gasteiger partial charge in [-0.05, 0) is 42.2 Å². The Morgan fingerprint density at radius 2 is 1.88 bits per heavy atom. The van der Waals surface area contributed by atoms with Gasteiger partial charge in [-0.3, -0.25) is 4.79 Å². The SMILES string of the molecule is O=C(CCC1CCCC1)N/C(=C/c1ccc(Oc2ncc(C(F)(F)F)cc2Cl)cc1)C(=O)O. The number of carbonyl (C=O) groups excluding carboxylic acids is 1. The predicted molar refractivity (Wildman–Crippen MR) is 116 cm³/mol.